The van der Waals surface area contributed by atoms with E-state index in [-0.39, 0.29) is 5.41 Å². The van der Waals surface area contributed by atoms with Crippen molar-refractivity contribution in [2.45, 2.75) is 47.0 Å². The van der Waals surface area contributed by atoms with Crippen LogP contribution in [-0.4, -0.2) is 4.98 Å². The van der Waals surface area contributed by atoms with E-state index in [1.807, 2.05) is 11.3 Å². The van der Waals surface area contributed by atoms with Gasteiger partial charge in [0.15, 0.2) is 0 Å². The van der Waals surface area contributed by atoms with E-state index in [0.717, 1.165) is 33.2 Å². The van der Waals surface area contributed by atoms with E-state index < -0.39 is 0 Å². The second kappa shape index (κ2) is 7.79. The Hall–Kier alpha value is -3.43. The molecule has 6 aromatic rings. The molecule has 0 amide bonds. The lowest BCUT2D eigenvalue weighted by molar-refractivity contribution is 0.591. The first-order valence-corrected chi connectivity index (χ1v) is 13.0. The molecule has 0 radical (unpaired) electrons. The highest BCUT2D eigenvalue weighted by atomic mass is 32.1. The van der Waals surface area contributed by atoms with Gasteiger partial charge in [0.25, 0.3) is 0 Å². The maximum absolute atomic E-state index is 6.50. The molecule has 6 rings (SSSR count). The Morgan fingerprint density at radius 1 is 0.800 bits per heavy atom. The van der Waals surface area contributed by atoms with E-state index in [9.17, 15) is 0 Å². The molecule has 35 heavy (non-hydrogen) atoms. The predicted octanol–water partition coefficient (Wildman–Crippen LogP) is 9.75. The molecule has 0 aliphatic heterocycles. The van der Waals surface area contributed by atoms with Gasteiger partial charge >= 0.3 is 0 Å². The number of aryl methyl sites for hydroxylation is 3. The van der Waals surface area contributed by atoms with Crippen LogP contribution in [0.3, 0.4) is 0 Å². The zero-order valence-electron chi connectivity index (χ0n) is 21.1. The Morgan fingerprint density at radius 3 is 2.29 bits per heavy atom. The van der Waals surface area contributed by atoms with Gasteiger partial charge in [0.05, 0.1) is 5.69 Å². The van der Waals surface area contributed by atoms with Crippen molar-refractivity contribution in [3.8, 4) is 22.4 Å². The number of furan rings is 1. The summed E-state index contributed by atoms with van der Waals surface area (Å²) >= 11 is 1.81. The molecule has 2 nitrogen and oxygen atoms in total. The van der Waals surface area contributed by atoms with Crippen LogP contribution in [0.25, 0.3) is 54.4 Å². The molecule has 0 aliphatic rings. The van der Waals surface area contributed by atoms with Crippen LogP contribution in [-0.2, 0) is 5.41 Å². The second-order valence-corrected chi connectivity index (χ2v) is 11.9. The highest BCUT2D eigenvalue weighted by Crippen LogP contribution is 2.41. The van der Waals surface area contributed by atoms with Crippen LogP contribution >= 0.6 is 11.3 Å². The molecule has 174 valence electrons. The van der Waals surface area contributed by atoms with E-state index in [2.05, 4.69) is 108 Å². The van der Waals surface area contributed by atoms with Crippen molar-refractivity contribution >= 4 is 43.4 Å². The average molecular weight is 476 g/mol. The van der Waals surface area contributed by atoms with Crippen LogP contribution in [0.4, 0.5) is 0 Å². The number of rotatable bonds is 2. The van der Waals surface area contributed by atoms with Crippen molar-refractivity contribution in [2.75, 3.05) is 0 Å². The van der Waals surface area contributed by atoms with Gasteiger partial charge in [0.1, 0.15) is 11.2 Å². The molecule has 3 aromatic carbocycles. The predicted molar refractivity (Wildman–Crippen MR) is 151 cm³/mol. The zero-order valence-corrected chi connectivity index (χ0v) is 21.9. The van der Waals surface area contributed by atoms with Crippen molar-refractivity contribution in [3.05, 3.63) is 88.4 Å². The zero-order chi connectivity index (χ0) is 24.5. The topological polar surface area (TPSA) is 26.0 Å². The Balaban J connectivity index is 1.59. The third-order valence-corrected chi connectivity index (χ3v) is 8.01. The number of thiophene rings is 1. The normalized spacial score (nSPS) is 12.3. The molecule has 3 heteroatoms. The number of benzene rings is 3. The molecule has 0 atom stereocenters. The highest BCUT2D eigenvalue weighted by Gasteiger charge is 2.23. The van der Waals surface area contributed by atoms with E-state index in [4.69, 9.17) is 9.40 Å². The number of nitrogens with zero attached hydrogens (tertiary/aromatic N) is 1. The van der Waals surface area contributed by atoms with Gasteiger partial charge in [-0.25, -0.2) is 0 Å². The maximum atomic E-state index is 6.50. The smallest absolute Gasteiger partial charge is 0.144 e. The SMILES string of the molecule is Cc1cc2cc3c(cc2s1)oc1c(-c2cc(C(C)(C)C)c(-c4c(C)cccc4C)cn2)cccc13. The fourth-order valence-electron chi connectivity index (χ4n) is 5.33. The van der Waals surface area contributed by atoms with E-state index in [0.29, 0.717) is 0 Å². The lowest BCUT2D eigenvalue weighted by atomic mass is 9.80. The summed E-state index contributed by atoms with van der Waals surface area (Å²) in [5.74, 6) is 0. The lowest BCUT2D eigenvalue weighted by Crippen LogP contribution is -2.14. The molecule has 0 unspecified atom stereocenters. The summed E-state index contributed by atoms with van der Waals surface area (Å²) in [5, 5.41) is 3.58. The van der Waals surface area contributed by atoms with Gasteiger partial charge < -0.3 is 4.42 Å². The molecule has 0 aliphatic carbocycles. The summed E-state index contributed by atoms with van der Waals surface area (Å²) in [7, 11) is 0. The maximum Gasteiger partial charge on any atom is 0.144 e. The van der Waals surface area contributed by atoms with Gasteiger partial charge in [0.2, 0.25) is 0 Å². The van der Waals surface area contributed by atoms with E-state index >= 15 is 0 Å². The molecule has 0 bridgehead atoms. The first-order valence-electron chi connectivity index (χ1n) is 12.1. The second-order valence-electron chi connectivity index (χ2n) is 10.7. The van der Waals surface area contributed by atoms with Crippen LogP contribution in [0.2, 0.25) is 0 Å². The minimum Gasteiger partial charge on any atom is -0.455 e. The largest absolute Gasteiger partial charge is 0.455 e. The van der Waals surface area contributed by atoms with Crippen LogP contribution < -0.4 is 0 Å². The Kier molecular flexibility index (Phi) is 4.91. The molecular formula is C32H29NOS. The Labute approximate surface area is 210 Å². The molecule has 0 N–H and O–H groups in total. The summed E-state index contributed by atoms with van der Waals surface area (Å²) in [5.41, 5.74) is 10.1. The van der Waals surface area contributed by atoms with E-state index in [1.165, 1.54) is 42.8 Å². The van der Waals surface area contributed by atoms with Crippen molar-refractivity contribution in [1.82, 2.24) is 4.98 Å². The standard InChI is InChI=1S/C32H29NOS/c1-18-9-7-10-19(2)30(18)25-17-33-27(15-26(25)32(4,5)6)23-12-8-11-22-24-14-21-13-20(3)35-29(21)16-28(24)34-31(22)23/h7-17H,1-6H3. The molecule has 0 saturated carbocycles. The van der Waals surface area contributed by atoms with Gasteiger partial charge in [-0.15, -0.1) is 11.3 Å². The number of hydrogen-bond acceptors (Lipinski definition) is 3. The lowest BCUT2D eigenvalue weighted by Gasteiger charge is -2.25. The van der Waals surface area contributed by atoms with E-state index in [1.54, 1.807) is 0 Å². The average Bonchev–Trinajstić information content (AvgIpc) is 3.35. The number of pyridine rings is 1. The molecule has 0 spiro atoms. The third kappa shape index (κ3) is 3.57. The number of para-hydroxylation sites is 1. The summed E-state index contributed by atoms with van der Waals surface area (Å²) in [6.45, 7) is 13.4. The number of aromatic nitrogens is 1. The quantitative estimate of drug-likeness (QED) is 0.249. The van der Waals surface area contributed by atoms with Crippen molar-refractivity contribution in [1.29, 1.82) is 0 Å². The first kappa shape index (κ1) is 22.1. The molecular weight excluding hydrogens is 446 g/mol. The Morgan fingerprint density at radius 2 is 1.54 bits per heavy atom. The van der Waals surface area contributed by atoms with Crippen LogP contribution in [0.5, 0.6) is 0 Å². The summed E-state index contributed by atoms with van der Waals surface area (Å²) in [6.07, 6.45) is 2.06. The number of fused-ring (bicyclic) bond motifs is 4. The van der Waals surface area contributed by atoms with Crippen molar-refractivity contribution < 1.29 is 4.42 Å². The molecule has 0 fully saturated rings. The number of hydrogen-bond donors (Lipinski definition) is 0. The molecule has 3 heterocycles. The molecule has 0 saturated heterocycles. The first-order chi connectivity index (χ1) is 16.7. The van der Waals surface area contributed by atoms with Gasteiger partial charge in [-0.1, -0.05) is 51.1 Å². The van der Waals surface area contributed by atoms with Crippen molar-refractivity contribution in [2.24, 2.45) is 0 Å². The Bertz CT molecular complexity index is 1740. The van der Waals surface area contributed by atoms with Gasteiger partial charge in [-0.3, -0.25) is 4.98 Å². The fraction of sp³-hybridized carbons (Fsp3) is 0.219. The summed E-state index contributed by atoms with van der Waals surface area (Å²) < 4.78 is 7.77. The minimum absolute atomic E-state index is 0.0360. The molecule has 3 aromatic heterocycles. The fourth-order valence-corrected chi connectivity index (χ4v) is 6.26. The third-order valence-electron chi connectivity index (χ3n) is 7.00. The monoisotopic (exact) mass is 475 g/mol. The minimum atomic E-state index is -0.0360. The van der Waals surface area contributed by atoms with Crippen LogP contribution in [0.1, 0.15) is 42.3 Å². The summed E-state index contributed by atoms with van der Waals surface area (Å²) in [6, 6.07) is 21.9. The van der Waals surface area contributed by atoms with Gasteiger partial charge in [-0.05, 0) is 84.2 Å². The highest BCUT2D eigenvalue weighted by molar-refractivity contribution is 7.19. The van der Waals surface area contributed by atoms with Gasteiger partial charge in [0, 0.05) is 37.7 Å². The summed E-state index contributed by atoms with van der Waals surface area (Å²) in [4.78, 5) is 6.32. The van der Waals surface area contributed by atoms with Gasteiger partial charge in [-0.2, -0.15) is 0 Å². The van der Waals surface area contributed by atoms with Crippen molar-refractivity contribution in [3.63, 3.8) is 0 Å². The van der Waals surface area contributed by atoms with Crippen LogP contribution in [0, 0.1) is 20.8 Å². The van der Waals surface area contributed by atoms with Crippen LogP contribution in [0.15, 0.2) is 71.3 Å².